The number of anilines is 2. The minimum absolute atomic E-state index is 0.0333. The van der Waals surface area contributed by atoms with Crippen molar-refractivity contribution in [2.24, 2.45) is 5.41 Å². The number of benzene rings is 1. The zero-order valence-electron chi connectivity index (χ0n) is 23.6. The van der Waals surface area contributed by atoms with Crippen LogP contribution in [0.25, 0.3) is 16.8 Å². The number of ether oxygens (including phenoxy) is 1. The predicted octanol–water partition coefficient (Wildman–Crippen LogP) is 4.70. The summed E-state index contributed by atoms with van der Waals surface area (Å²) in [5.74, 6) is 0.317. The first-order valence-corrected chi connectivity index (χ1v) is 13.9. The molecule has 4 aromatic rings. The van der Waals surface area contributed by atoms with Gasteiger partial charge in [-0.25, -0.2) is 15.0 Å². The molecule has 0 unspecified atom stereocenters. The molecule has 5 heterocycles. The average Bonchev–Trinajstić information content (AvgIpc) is 3.39. The second kappa shape index (κ2) is 10.6. The van der Waals surface area contributed by atoms with E-state index in [0.29, 0.717) is 48.9 Å². The summed E-state index contributed by atoms with van der Waals surface area (Å²) in [4.78, 5) is 41.2. The third kappa shape index (κ3) is 5.29. The van der Waals surface area contributed by atoms with Crippen molar-refractivity contribution in [3.05, 3.63) is 71.4 Å². The quantitative estimate of drug-likeness (QED) is 0.344. The standard InChI is InChI=1S/C30H30F3N7O3/c1-17-13-36-25(34)24-23(38-26(40(17)24)20-4-3-11-39(14-20)28(42)29(2)15-43-16-29)18-5-7-19(8-6-18)27(41)37-22-12-21(9-10-35-22)30(31,32)33/h5-10,12-13,20H,3-4,11,14-16H2,1-2H3,(H2,34,36)(H,35,37,41)/t20-/m1/s1. The molecular formula is C30H30F3N7O3. The first-order valence-electron chi connectivity index (χ1n) is 13.9. The number of nitrogen functional groups attached to an aromatic ring is 1. The summed E-state index contributed by atoms with van der Waals surface area (Å²) < 4.78 is 46.5. The minimum Gasteiger partial charge on any atom is -0.382 e. The lowest BCUT2D eigenvalue weighted by molar-refractivity contribution is -0.170. The number of carbonyl (C=O) groups is 2. The van der Waals surface area contributed by atoms with Crippen molar-refractivity contribution in [2.45, 2.75) is 38.8 Å². The predicted molar refractivity (Wildman–Crippen MR) is 152 cm³/mol. The Morgan fingerprint density at radius 2 is 1.88 bits per heavy atom. The third-order valence-electron chi connectivity index (χ3n) is 8.07. The number of hydrogen-bond donors (Lipinski definition) is 2. The number of rotatable bonds is 5. The van der Waals surface area contributed by atoms with Crippen LogP contribution in [0.1, 0.15) is 53.1 Å². The summed E-state index contributed by atoms with van der Waals surface area (Å²) in [6, 6.07) is 8.15. The van der Waals surface area contributed by atoms with Crippen molar-refractivity contribution in [3.8, 4) is 11.3 Å². The van der Waals surface area contributed by atoms with E-state index in [0.717, 1.165) is 42.7 Å². The number of imidazole rings is 1. The molecule has 1 aromatic carbocycles. The van der Waals surface area contributed by atoms with Crippen LogP contribution in [0.4, 0.5) is 24.8 Å². The van der Waals surface area contributed by atoms with Gasteiger partial charge in [0.25, 0.3) is 5.91 Å². The molecule has 2 aliphatic rings. The van der Waals surface area contributed by atoms with Crippen molar-refractivity contribution in [1.29, 1.82) is 0 Å². The number of aryl methyl sites for hydroxylation is 1. The molecule has 0 spiro atoms. The Kier molecular flexibility index (Phi) is 7.07. The van der Waals surface area contributed by atoms with E-state index in [1.54, 1.807) is 30.5 Å². The lowest BCUT2D eigenvalue weighted by atomic mass is 9.85. The van der Waals surface area contributed by atoms with Crippen LogP contribution in [0.2, 0.25) is 0 Å². The van der Waals surface area contributed by atoms with Crippen molar-refractivity contribution in [2.75, 3.05) is 37.4 Å². The van der Waals surface area contributed by atoms with Crippen molar-refractivity contribution in [1.82, 2.24) is 24.3 Å². The lowest BCUT2D eigenvalue weighted by Gasteiger charge is -2.42. The first kappa shape index (κ1) is 28.6. The summed E-state index contributed by atoms with van der Waals surface area (Å²) in [5.41, 5.74) is 7.93. The van der Waals surface area contributed by atoms with Crippen LogP contribution in [0, 0.1) is 12.3 Å². The van der Waals surface area contributed by atoms with Gasteiger partial charge in [0.2, 0.25) is 5.91 Å². The smallest absolute Gasteiger partial charge is 0.382 e. The average molecular weight is 594 g/mol. The van der Waals surface area contributed by atoms with Gasteiger partial charge in [0.05, 0.1) is 24.2 Å². The molecule has 2 fully saturated rings. The number of halogens is 3. The summed E-state index contributed by atoms with van der Waals surface area (Å²) in [6.07, 6.45) is -0.194. The van der Waals surface area contributed by atoms with Crippen LogP contribution in [0.3, 0.4) is 0 Å². The highest BCUT2D eigenvalue weighted by Crippen LogP contribution is 2.37. The van der Waals surface area contributed by atoms with Gasteiger partial charge in [0, 0.05) is 48.2 Å². The number of hydrogen-bond acceptors (Lipinski definition) is 7. The molecular weight excluding hydrogens is 563 g/mol. The number of amides is 2. The van der Waals surface area contributed by atoms with E-state index in [9.17, 15) is 22.8 Å². The molecule has 43 heavy (non-hydrogen) atoms. The van der Waals surface area contributed by atoms with Crippen LogP contribution >= 0.6 is 0 Å². The normalized spacial score (nSPS) is 18.3. The Morgan fingerprint density at radius 3 is 2.56 bits per heavy atom. The maximum Gasteiger partial charge on any atom is 0.416 e. The molecule has 2 saturated heterocycles. The highest BCUT2D eigenvalue weighted by atomic mass is 19.4. The molecule has 10 nitrogen and oxygen atoms in total. The number of fused-ring (bicyclic) bond motifs is 1. The van der Waals surface area contributed by atoms with Crippen LogP contribution in [0.5, 0.6) is 0 Å². The number of nitrogens with one attached hydrogen (secondary N) is 1. The van der Waals surface area contributed by atoms with E-state index in [1.807, 2.05) is 23.1 Å². The van der Waals surface area contributed by atoms with Crippen LogP contribution in [-0.2, 0) is 15.7 Å². The Labute approximate surface area is 245 Å². The van der Waals surface area contributed by atoms with Crippen molar-refractivity contribution in [3.63, 3.8) is 0 Å². The van der Waals surface area contributed by atoms with Gasteiger partial charge in [0.1, 0.15) is 28.7 Å². The number of likely N-dealkylation sites (tertiary alicyclic amines) is 1. The number of pyridine rings is 1. The molecule has 224 valence electrons. The summed E-state index contributed by atoms with van der Waals surface area (Å²) in [7, 11) is 0. The topological polar surface area (TPSA) is 128 Å². The Morgan fingerprint density at radius 1 is 1.14 bits per heavy atom. The Balaban J connectivity index is 1.29. The van der Waals surface area contributed by atoms with Gasteiger partial charge in [-0.15, -0.1) is 0 Å². The fourth-order valence-corrected chi connectivity index (χ4v) is 5.72. The molecule has 6 rings (SSSR count). The van der Waals surface area contributed by atoms with E-state index < -0.39 is 23.1 Å². The van der Waals surface area contributed by atoms with Crippen LogP contribution in [0.15, 0.2) is 48.8 Å². The second-order valence-electron chi connectivity index (χ2n) is 11.4. The monoisotopic (exact) mass is 593 g/mol. The fraction of sp³-hybridized carbons (Fsp3) is 0.367. The second-order valence-corrected chi connectivity index (χ2v) is 11.4. The fourth-order valence-electron chi connectivity index (χ4n) is 5.72. The lowest BCUT2D eigenvalue weighted by Crippen LogP contribution is -2.55. The maximum absolute atomic E-state index is 13.3. The molecule has 2 aliphatic heterocycles. The molecule has 0 bridgehead atoms. The van der Waals surface area contributed by atoms with Crippen LogP contribution < -0.4 is 11.1 Å². The van der Waals surface area contributed by atoms with Gasteiger partial charge in [-0.1, -0.05) is 12.1 Å². The summed E-state index contributed by atoms with van der Waals surface area (Å²) in [5, 5.41) is 2.42. The highest BCUT2D eigenvalue weighted by Gasteiger charge is 2.45. The molecule has 13 heteroatoms. The van der Waals surface area contributed by atoms with E-state index >= 15 is 0 Å². The number of aromatic nitrogens is 4. The Bertz CT molecular complexity index is 1710. The van der Waals surface area contributed by atoms with E-state index in [2.05, 4.69) is 15.3 Å². The van der Waals surface area contributed by atoms with E-state index in [4.69, 9.17) is 15.5 Å². The van der Waals surface area contributed by atoms with Gasteiger partial charge in [-0.2, -0.15) is 13.2 Å². The number of alkyl halides is 3. The van der Waals surface area contributed by atoms with Gasteiger partial charge in [0.15, 0.2) is 0 Å². The number of nitrogens with zero attached hydrogens (tertiary/aromatic N) is 5. The number of piperidine rings is 1. The van der Waals surface area contributed by atoms with Crippen molar-refractivity contribution >= 4 is 29.0 Å². The zero-order valence-corrected chi connectivity index (χ0v) is 23.6. The molecule has 3 aromatic heterocycles. The van der Waals surface area contributed by atoms with Gasteiger partial charge in [-0.05, 0) is 51.0 Å². The van der Waals surface area contributed by atoms with Gasteiger partial charge in [-0.3, -0.25) is 14.0 Å². The van der Waals surface area contributed by atoms with E-state index in [1.165, 1.54) is 0 Å². The molecule has 0 radical (unpaired) electrons. The SMILES string of the molecule is Cc1cnc(N)c2c(-c3ccc(C(=O)Nc4cc(C(F)(F)F)ccn4)cc3)nc([C@@H]3CCCN(C(=O)C4(C)COC4)C3)n12. The number of nitrogens with two attached hydrogens (primary N) is 1. The maximum atomic E-state index is 13.3. The molecule has 3 N–H and O–H groups in total. The number of carbonyl (C=O) groups excluding carboxylic acids is 2. The highest BCUT2D eigenvalue weighted by molar-refractivity contribution is 6.04. The molecule has 0 aliphatic carbocycles. The third-order valence-corrected chi connectivity index (χ3v) is 8.07. The summed E-state index contributed by atoms with van der Waals surface area (Å²) in [6.45, 7) is 5.91. The van der Waals surface area contributed by atoms with Crippen LogP contribution in [-0.4, -0.2) is 62.4 Å². The summed E-state index contributed by atoms with van der Waals surface area (Å²) >= 11 is 0. The first-order chi connectivity index (χ1) is 20.4. The Hall–Kier alpha value is -4.52. The van der Waals surface area contributed by atoms with Crippen molar-refractivity contribution < 1.29 is 27.5 Å². The zero-order chi connectivity index (χ0) is 30.5. The van der Waals surface area contributed by atoms with Gasteiger partial charge < -0.3 is 20.7 Å². The molecule has 1 atom stereocenters. The van der Waals surface area contributed by atoms with E-state index in [-0.39, 0.29) is 23.2 Å². The molecule has 0 saturated carbocycles. The van der Waals surface area contributed by atoms with Gasteiger partial charge >= 0.3 is 6.18 Å². The molecule has 2 amide bonds. The minimum atomic E-state index is -4.56. The largest absolute Gasteiger partial charge is 0.416 e.